The Bertz CT molecular complexity index is 481. The summed E-state index contributed by atoms with van der Waals surface area (Å²) in [6.07, 6.45) is 2.56. The summed E-state index contributed by atoms with van der Waals surface area (Å²) in [4.78, 5) is 0. The monoisotopic (exact) mass is 247 g/mol. The molecule has 2 nitrogen and oxygen atoms in total. The van der Waals surface area contributed by atoms with Crippen LogP contribution in [0.15, 0.2) is 47.1 Å². The van der Waals surface area contributed by atoms with Crippen molar-refractivity contribution in [1.82, 2.24) is 5.32 Å². The van der Waals surface area contributed by atoms with Crippen LogP contribution in [0.1, 0.15) is 43.7 Å². The molecule has 2 atom stereocenters. The molecule has 0 aliphatic heterocycles. The van der Waals surface area contributed by atoms with Gasteiger partial charge in [-0.3, -0.25) is 0 Å². The lowest BCUT2D eigenvalue weighted by Crippen LogP contribution is -2.24. The quantitative estimate of drug-likeness (QED) is 0.855. The zero-order chi connectivity index (χ0) is 13.0. The summed E-state index contributed by atoms with van der Waals surface area (Å²) in [5.74, 6) is 0.697. The minimum Gasteiger partial charge on any atom is -0.468 e. The molecule has 1 N–H and O–H groups in total. The predicted molar refractivity (Wildman–Crippen MR) is 69.7 cm³/mol. The van der Waals surface area contributed by atoms with Crippen LogP contribution in [0.5, 0.6) is 0 Å². The Hall–Kier alpha value is -1.61. The first-order valence-electron chi connectivity index (χ1n) is 6.25. The molecule has 2 aromatic rings. The molecule has 0 spiro atoms. The van der Waals surface area contributed by atoms with E-state index in [1.54, 1.807) is 18.4 Å². The fourth-order valence-corrected chi connectivity index (χ4v) is 2.09. The molecule has 1 unspecified atom stereocenters. The number of hydrogen-bond acceptors (Lipinski definition) is 2. The van der Waals surface area contributed by atoms with Crippen molar-refractivity contribution in [3.8, 4) is 0 Å². The average Bonchev–Trinajstić information content (AvgIpc) is 2.89. The molecule has 0 saturated carbocycles. The lowest BCUT2D eigenvalue weighted by Gasteiger charge is -2.21. The van der Waals surface area contributed by atoms with Crippen molar-refractivity contribution >= 4 is 0 Å². The maximum atomic E-state index is 13.2. The fourth-order valence-electron chi connectivity index (χ4n) is 2.09. The van der Waals surface area contributed by atoms with Crippen LogP contribution in [0.4, 0.5) is 4.39 Å². The van der Waals surface area contributed by atoms with Gasteiger partial charge in [0.05, 0.1) is 12.3 Å². The lowest BCUT2D eigenvalue weighted by atomic mass is 10.0. The fraction of sp³-hybridized carbons (Fsp3) is 0.333. The molecule has 3 heteroatoms. The van der Waals surface area contributed by atoms with Crippen molar-refractivity contribution in [3.63, 3.8) is 0 Å². The van der Waals surface area contributed by atoms with E-state index in [2.05, 4.69) is 12.2 Å². The Morgan fingerprint density at radius 3 is 2.72 bits per heavy atom. The van der Waals surface area contributed by atoms with Gasteiger partial charge >= 0.3 is 0 Å². The van der Waals surface area contributed by atoms with E-state index in [4.69, 9.17) is 4.42 Å². The Kier molecular flexibility index (Phi) is 4.15. The van der Waals surface area contributed by atoms with E-state index in [0.29, 0.717) is 0 Å². The number of hydrogen-bond donors (Lipinski definition) is 1. The second kappa shape index (κ2) is 5.83. The number of halogens is 1. The van der Waals surface area contributed by atoms with E-state index >= 15 is 0 Å². The van der Waals surface area contributed by atoms with E-state index in [9.17, 15) is 4.39 Å². The SMILES string of the molecule is CCC(N[C@@H](C)c1ccco1)c1cccc(F)c1. The van der Waals surface area contributed by atoms with Gasteiger partial charge in [-0.05, 0) is 43.2 Å². The molecule has 96 valence electrons. The Morgan fingerprint density at radius 2 is 2.11 bits per heavy atom. The van der Waals surface area contributed by atoms with Crippen molar-refractivity contribution in [2.75, 3.05) is 0 Å². The Morgan fingerprint density at radius 1 is 1.28 bits per heavy atom. The topological polar surface area (TPSA) is 25.2 Å². The van der Waals surface area contributed by atoms with Crippen LogP contribution in [0.2, 0.25) is 0 Å². The average molecular weight is 247 g/mol. The van der Waals surface area contributed by atoms with E-state index in [1.807, 2.05) is 25.1 Å². The van der Waals surface area contributed by atoms with Crippen LogP contribution in [0.25, 0.3) is 0 Å². The zero-order valence-electron chi connectivity index (χ0n) is 10.7. The van der Waals surface area contributed by atoms with Crippen LogP contribution >= 0.6 is 0 Å². The van der Waals surface area contributed by atoms with Crippen LogP contribution in [-0.2, 0) is 0 Å². The highest BCUT2D eigenvalue weighted by molar-refractivity contribution is 5.20. The van der Waals surface area contributed by atoms with Gasteiger partial charge in [-0.15, -0.1) is 0 Å². The van der Waals surface area contributed by atoms with Crippen LogP contribution in [0, 0.1) is 5.82 Å². The molecule has 0 fully saturated rings. The molecule has 0 saturated heterocycles. The normalized spacial score (nSPS) is 14.4. The molecule has 1 heterocycles. The molecule has 0 aliphatic rings. The zero-order valence-corrected chi connectivity index (χ0v) is 10.7. The summed E-state index contributed by atoms with van der Waals surface area (Å²) in [5, 5.41) is 3.45. The highest BCUT2D eigenvalue weighted by Crippen LogP contribution is 2.22. The summed E-state index contributed by atoms with van der Waals surface area (Å²) >= 11 is 0. The third-order valence-corrected chi connectivity index (χ3v) is 3.08. The third kappa shape index (κ3) is 2.99. The summed E-state index contributed by atoms with van der Waals surface area (Å²) < 4.78 is 18.6. The Balaban J connectivity index is 2.10. The number of nitrogens with one attached hydrogen (secondary N) is 1. The maximum absolute atomic E-state index is 13.2. The molecule has 0 bridgehead atoms. The predicted octanol–water partition coefficient (Wildman–Crippen LogP) is 4.22. The first-order valence-corrected chi connectivity index (χ1v) is 6.25. The van der Waals surface area contributed by atoms with Gasteiger partial charge in [-0.25, -0.2) is 4.39 Å². The Labute approximate surface area is 107 Å². The van der Waals surface area contributed by atoms with Crippen LogP contribution < -0.4 is 5.32 Å². The van der Waals surface area contributed by atoms with Gasteiger partial charge < -0.3 is 9.73 Å². The molecule has 2 rings (SSSR count). The number of rotatable bonds is 5. The molecule has 0 radical (unpaired) electrons. The highest BCUT2D eigenvalue weighted by atomic mass is 19.1. The maximum Gasteiger partial charge on any atom is 0.123 e. The van der Waals surface area contributed by atoms with Crippen molar-refractivity contribution in [1.29, 1.82) is 0 Å². The van der Waals surface area contributed by atoms with Crippen molar-refractivity contribution < 1.29 is 8.81 Å². The standard InChI is InChI=1S/C15H18FNO/c1-3-14(12-6-4-7-13(16)10-12)17-11(2)15-8-5-9-18-15/h4-11,14,17H,3H2,1-2H3/t11-,14?/m0/s1. The van der Waals surface area contributed by atoms with E-state index in [-0.39, 0.29) is 17.9 Å². The van der Waals surface area contributed by atoms with Gasteiger partial charge in [0.25, 0.3) is 0 Å². The molecule has 1 aromatic heterocycles. The highest BCUT2D eigenvalue weighted by Gasteiger charge is 2.15. The summed E-state index contributed by atoms with van der Waals surface area (Å²) in [6, 6.07) is 10.8. The van der Waals surface area contributed by atoms with Gasteiger partial charge in [0.1, 0.15) is 11.6 Å². The summed E-state index contributed by atoms with van der Waals surface area (Å²) in [7, 11) is 0. The molecule has 0 aliphatic carbocycles. The van der Waals surface area contributed by atoms with E-state index in [0.717, 1.165) is 17.7 Å². The van der Waals surface area contributed by atoms with Gasteiger partial charge in [-0.1, -0.05) is 19.1 Å². The van der Waals surface area contributed by atoms with Gasteiger partial charge in [0, 0.05) is 6.04 Å². The first kappa shape index (κ1) is 12.8. The molecule has 0 amide bonds. The van der Waals surface area contributed by atoms with Crippen LogP contribution in [-0.4, -0.2) is 0 Å². The summed E-state index contributed by atoms with van der Waals surface area (Å²) in [5.41, 5.74) is 0.968. The second-order valence-electron chi connectivity index (χ2n) is 4.42. The van der Waals surface area contributed by atoms with Crippen molar-refractivity contribution in [2.45, 2.75) is 32.4 Å². The van der Waals surface area contributed by atoms with E-state index < -0.39 is 0 Å². The molecule has 18 heavy (non-hydrogen) atoms. The minimum absolute atomic E-state index is 0.105. The smallest absolute Gasteiger partial charge is 0.123 e. The lowest BCUT2D eigenvalue weighted by molar-refractivity contribution is 0.386. The minimum atomic E-state index is -0.196. The third-order valence-electron chi connectivity index (χ3n) is 3.08. The van der Waals surface area contributed by atoms with Gasteiger partial charge in [0.15, 0.2) is 0 Å². The number of furan rings is 1. The molecular formula is C15H18FNO. The second-order valence-corrected chi connectivity index (χ2v) is 4.42. The first-order chi connectivity index (χ1) is 8.70. The molecular weight excluding hydrogens is 229 g/mol. The molecule has 1 aromatic carbocycles. The number of benzene rings is 1. The van der Waals surface area contributed by atoms with Crippen LogP contribution in [0.3, 0.4) is 0 Å². The van der Waals surface area contributed by atoms with Crippen molar-refractivity contribution in [2.24, 2.45) is 0 Å². The summed E-state index contributed by atoms with van der Waals surface area (Å²) in [6.45, 7) is 4.12. The van der Waals surface area contributed by atoms with E-state index in [1.165, 1.54) is 6.07 Å². The van der Waals surface area contributed by atoms with Gasteiger partial charge in [-0.2, -0.15) is 0 Å². The van der Waals surface area contributed by atoms with Crippen molar-refractivity contribution in [3.05, 3.63) is 59.8 Å². The largest absolute Gasteiger partial charge is 0.468 e. The van der Waals surface area contributed by atoms with Gasteiger partial charge in [0.2, 0.25) is 0 Å².